The number of unbranched alkanes of at least 4 members (excludes halogenated alkanes) is 4. The standard InChI is InChI=1S/C16H34N2O2S/c1-4-5-6-7-8-11-16(17-2)13-15-10-9-12-18(14-15)21(3,19)20/h15-17H,4-14H2,1-3H3. The van der Waals surface area contributed by atoms with Crippen molar-refractivity contribution in [3.8, 4) is 0 Å². The van der Waals surface area contributed by atoms with Gasteiger partial charge in [-0.15, -0.1) is 0 Å². The minimum atomic E-state index is -3.02. The Morgan fingerprint density at radius 2 is 1.95 bits per heavy atom. The van der Waals surface area contributed by atoms with Gasteiger partial charge in [0.1, 0.15) is 0 Å². The monoisotopic (exact) mass is 318 g/mol. The van der Waals surface area contributed by atoms with Crippen LogP contribution in [0.3, 0.4) is 0 Å². The van der Waals surface area contributed by atoms with Gasteiger partial charge in [0, 0.05) is 19.1 Å². The highest BCUT2D eigenvalue weighted by atomic mass is 32.2. The van der Waals surface area contributed by atoms with Crippen molar-refractivity contribution in [2.24, 2.45) is 5.92 Å². The molecule has 1 saturated heterocycles. The molecule has 0 radical (unpaired) electrons. The summed E-state index contributed by atoms with van der Waals surface area (Å²) in [5, 5.41) is 3.43. The van der Waals surface area contributed by atoms with Gasteiger partial charge in [0.25, 0.3) is 0 Å². The van der Waals surface area contributed by atoms with Crippen LogP contribution >= 0.6 is 0 Å². The normalized spacial score (nSPS) is 22.3. The molecule has 0 aliphatic carbocycles. The van der Waals surface area contributed by atoms with Gasteiger partial charge in [-0.25, -0.2) is 12.7 Å². The van der Waals surface area contributed by atoms with Gasteiger partial charge in [0.2, 0.25) is 10.0 Å². The van der Waals surface area contributed by atoms with Crippen molar-refractivity contribution in [2.45, 2.75) is 70.8 Å². The molecule has 0 aromatic carbocycles. The Labute approximate surface area is 131 Å². The fraction of sp³-hybridized carbons (Fsp3) is 1.00. The number of sulfonamides is 1. The lowest BCUT2D eigenvalue weighted by Crippen LogP contribution is -2.41. The number of hydrogen-bond acceptors (Lipinski definition) is 3. The summed E-state index contributed by atoms with van der Waals surface area (Å²) in [7, 11) is -0.980. The van der Waals surface area contributed by atoms with E-state index in [1.807, 2.05) is 7.05 Å². The zero-order chi connectivity index (χ0) is 15.7. The van der Waals surface area contributed by atoms with Gasteiger partial charge in [-0.1, -0.05) is 39.0 Å². The smallest absolute Gasteiger partial charge is 0.211 e. The van der Waals surface area contributed by atoms with Crippen molar-refractivity contribution in [1.82, 2.24) is 9.62 Å². The fourth-order valence-electron chi connectivity index (χ4n) is 3.30. The molecule has 1 N–H and O–H groups in total. The summed E-state index contributed by atoms with van der Waals surface area (Å²) in [6, 6.07) is 0.538. The van der Waals surface area contributed by atoms with Gasteiger partial charge >= 0.3 is 0 Å². The molecule has 0 spiro atoms. The van der Waals surface area contributed by atoms with Crippen molar-refractivity contribution in [3.05, 3.63) is 0 Å². The quantitative estimate of drug-likeness (QED) is 0.630. The maximum Gasteiger partial charge on any atom is 0.211 e. The van der Waals surface area contributed by atoms with Gasteiger partial charge in [-0.05, 0) is 38.6 Å². The van der Waals surface area contributed by atoms with E-state index >= 15 is 0 Å². The maximum absolute atomic E-state index is 11.7. The average Bonchev–Trinajstić information content (AvgIpc) is 2.45. The van der Waals surface area contributed by atoms with Gasteiger partial charge in [-0.2, -0.15) is 0 Å². The topological polar surface area (TPSA) is 49.4 Å². The lowest BCUT2D eigenvalue weighted by Gasteiger charge is -2.33. The highest BCUT2D eigenvalue weighted by Gasteiger charge is 2.27. The Kier molecular flexibility index (Phi) is 8.83. The number of nitrogens with zero attached hydrogens (tertiary/aromatic N) is 1. The van der Waals surface area contributed by atoms with Gasteiger partial charge in [-0.3, -0.25) is 0 Å². The third-order valence-electron chi connectivity index (χ3n) is 4.63. The maximum atomic E-state index is 11.7. The van der Waals surface area contributed by atoms with E-state index in [-0.39, 0.29) is 0 Å². The number of hydrogen-bond donors (Lipinski definition) is 1. The first-order chi connectivity index (χ1) is 9.97. The predicted molar refractivity (Wildman–Crippen MR) is 90.0 cm³/mol. The van der Waals surface area contributed by atoms with Crippen molar-refractivity contribution in [1.29, 1.82) is 0 Å². The molecular formula is C16H34N2O2S. The van der Waals surface area contributed by atoms with E-state index in [0.717, 1.165) is 12.8 Å². The van der Waals surface area contributed by atoms with Crippen molar-refractivity contribution >= 4 is 10.0 Å². The van der Waals surface area contributed by atoms with Crippen LogP contribution in [-0.4, -0.2) is 45.2 Å². The molecule has 1 aliphatic heterocycles. The second-order valence-electron chi connectivity index (χ2n) is 6.55. The molecule has 5 heteroatoms. The van der Waals surface area contributed by atoms with Crippen LogP contribution in [-0.2, 0) is 10.0 Å². The van der Waals surface area contributed by atoms with E-state index in [9.17, 15) is 8.42 Å². The molecule has 0 aromatic heterocycles. The van der Waals surface area contributed by atoms with E-state index < -0.39 is 10.0 Å². The largest absolute Gasteiger partial charge is 0.317 e. The lowest BCUT2D eigenvalue weighted by molar-refractivity contribution is 0.236. The molecular weight excluding hydrogens is 284 g/mol. The second-order valence-corrected chi connectivity index (χ2v) is 8.54. The SMILES string of the molecule is CCCCCCCC(CC1CCCN(S(C)(=O)=O)C1)NC. The highest BCUT2D eigenvalue weighted by molar-refractivity contribution is 7.88. The van der Waals surface area contributed by atoms with Crippen LogP contribution in [0.5, 0.6) is 0 Å². The molecule has 1 rings (SSSR count). The second kappa shape index (κ2) is 9.80. The molecule has 1 aliphatic rings. The number of nitrogens with one attached hydrogen (secondary N) is 1. The fourth-order valence-corrected chi connectivity index (χ4v) is 4.24. The van der Waals surface area contributed by atoms with Crippen LogP contribution < -0.4 is 5.32 Å². The van der Waals surface area contributed by atoms with Crippen LogP contribution in [0, 0.1) is 5.92 Å². The minimum Gasteiger partial charge on any atom is -0.317 e. The van der Waals surface area contributed by atoms with Crippen LogP contribution in [0.15, 0.2) is 0 Å². The summed E-state index contributed by atoms with van der Waals surface area (Å²) < 4.78 is 25.0. The Bertz CT molecular complexity index is 370. The van der Waals surface area contributed by atoms with Crippen LogP contribution in [0.1, 0.15) is 64.7 Å². The molecule has 0 amide bonds. The Morgan fingerprint density at radius 1 is 1.24 bits per heavy atom. The van der Waals surface area contributed by atoms with Gasteiger partial charge in [0.15, 0.2) is 0 Å². The number of rotatable bonds is 10. The summed E-state index contributed by atoms with van der Waals surface area (Å²) in [5.41, 5.74) is 0. The van der Waals surface area contributed by atoms with E-state index in [1.54, 1.807) is 4.31 Å². The Morgan fingerprint density at radius 3 is 2.57 bits per heavy atom. The summed E-state index contributed by atoms with van der Waals surface area (Å²) in [6.07, 6.45) is 12.4. The summed E-state index contributed by atoms with van der Waals surface area (Å²) >= 11 is 0. The van der Waals surface area contributed by atoms with Crippen molar-refractivity contribution in [3.63, 3.8) is 0 Å². The third kappa shape index (κ3) is 7.61. The Balaban J connectivity index is 2.31. The van der Waals surface area contributed by atoms with Gasteiger partial charge in [0.05, 0.1) is 6.26 Å². The van der Waals surface area contributed by atoms with E-state index in [2.05, 4.69) is 12.2 Å². The minimum absolute atomic E-state index is 0.515. The molecule has 0 saturated carbocycles. The summed E-state index contributed by atoms with van der Waals surface area (Å²) in [6.45, 7) is 3.66. The molecule has 1 fully saturated rings. The molecule has 2 atom stereocenters. The molecule has 2 unspecified atom stereocenters. The van der Waals surface area contributed by atoms with E-state index in [0.29, 0.717) is 25.0 Å². The first-order valence-electron chi connectivity index (χ1n) is 8.59. The first kappa shape index (κ1) is 18.9. The van der Waals surface area contributed by atoms with Crippen LogP contribution in [0.25, 0.3) is 0 Å². The van der Waals surface area contributed by atoms with Crippen LogP contribution in [0.2, 0.25) is 0 Å². The zero-order valence-corrected chi connectivity index (χ0v) is 14.9. The molecule has 0 bridgehead atoms. The summed E-state index contributed by atoms with van der Waals surface area (Å²) in [4.78, 5) is 0. The zero-order valence-electron chi connectivity index (χ0n) is 14.1. The highest BCUT2D eigenvalue weighted by Crippen LogP contribution is 2.24. The third-order valence-corrected chi connectivity index (χ3v) is 5.90. The Hall–Kier alpha value is -0.130. The van der Waals surface area contributed by atoms with Crippen LogP contribution in [0.4, 0.5) is 0 Å². The van der Waals surface area contributed by atoms with E-state index in [1.165, 1.54) is 51.2 Å². The average molecular weight is 319 g/mol. The van der Waals surface area contributed by atoms with Crippen molar-refractivity contribution in [2.75, 3.05) is 26.4 Å². The first-order valence-corrected chi connectivity index (χ1v) is 10.4. The molecule has 126 valence electrons. The summed E-state index contributed by atoms with van der Waals surface area (Å²) in [5.74, 6) is 0.515. The van der Waals surface area contributed by atoms with E-state index in [4.69, 9.17) is 0 Å². The molecule has 4 nitrogen and oxygen atoms in total. The van der Waals surface area contributed by atoms with Gasteiger partial charge < -0.3 is 5.32 Å². The molecule has 1 heterocycles. The predicted octanol–water partition coefficient (Wildman–Crippen LogP) is 3.00. The lowest BCUT2D eigenvalue weighted by atomic mass is 9.90. The molecule has 0 aromatic rings. The number of piperidine rings is 1. The van der Waals surface area contributed by atoms with Crippen molar-refractivity contribution < 1.29 is 8.42 Å². The molecule has 21 heavy (non-hydrogen) atoms.